The van der Waals surface area contributed by atoms with Crippen molar-refractivity contribution in [1.82, 2.24) is 15.0 Å². The second-order valence-electron chi connectivity index (χ2n) is 3.55. The second-order valence-corrected chi connectivity index (χ2v) is 4.75. The third-order valence-corrected chi connectivity index (χ3v) is 3.47. The van der Waals surface area contributed by atoms with Crippen molar-refractivity contribution in [2.45, 2.75) is 19.8 Å². The van der Waals surface area contributed by atoms with E-state index in [1.807, 2.05) is 6.20 Å². The number of aromatic amines is 1. The summed E-state index contributed by atoms with van der Waals surface area (Å²) in [5, 5.41) is 4.21. The van der Waals surface area contributed by atoms with Crippen LogP contribution in [0.4, 0.5) is 5.82 Å². The molecule has 0 radical (unpaired) electrons. The van der Waals surface area contributed by atoms with Gasteiger partial charge in [0.1, 0.15) is 5.82 Å². The summed E-state index contributed by atoms with van der Waals surface area (Å²) in [6.07, 6.45) is 5.19. The molecule has 2 heterocycles. The van der Waals surface area contributed by atoms with Crippen LogP contribution in [0.1, 0.15) is 16.8 Å². The summed E-state index contributed by atoms with van der Waals surface area (Å²) in [5.74, 6) is 0.598. The Bertz CT molecular complexity index is 534. The van der Waals surface area contributed by atoms with E-state index in [4.69, 9.17) is 0 Å². The predicted molar refractivity (Wildman–Crippen MR) is 68.5 cm³/mol. The highest BCUT2D eigenvalue weighted by Gasteiger charge is 2.00. The van der Waals surface area contributed by atoms with Crippen LogP contribution in [0.15, 0.2) is 23.4 Å². The zero-order chi connectivity index (χ0) is 12.1. The van der Waals surface area contributed by atoms with Gasteiger partial charge in [0.25, 0.3) is 5.56 Å². The smallest absolute Gasteiger partial charge is 0.252 e. The van der Waals surface area contributed by atoms with Crippen molar-refractivity contribution in [3.8, 4) is 0 Å². The summed E-state index contributed by atoms with van der Waals surface area (Å²) >= 11 is 1.73. The van der Waals surface area contributed by atoms with E-state index >= 15 is 0 Å². The molecule has 5 nitrogen and oxygen atoms in total. The Labute approximate surface area is 103 Å². The van der Waals surface area contributed by atoms with Crippen LogP contribution in [0.2, 0.25) is 0 Å². The van der Waals surface area contributed by atoms with Gasteiger partial charge in [-0.05, 0) is 6.42 Å². The molecule has 2 aromatic rings. The molecule has 0 aliphatic rings. The largest absolute Gasteiger partial charge is 0.369 e. The second kappa shape index (κ2) is 5.58. The summed E-state index contributed by atoms with van der Waals surface area (Å²) in [6.45, 7) is 2.85. The molecule has 0 aliphatic carbocycles. The molecule has 0 atom stereocenters. The average molecular weight is 250 g/mol. The highest BCUT2D eigenvalue weighted by atomic mass is 32.1. The zero-order valence-electron chi connectivity index (χ0n) is 9.56. The van der Waals surface area contributed by atoms with E-state index in [2.05, 4.69) is 27.2 Å². The number of hydrogen-bond acceptors (Lipinski definition) is 5. The van der Waals surface area contributed by atoms with Gasteiger partial charge in [-0.15, -0.1) is 11.3 Å². The van der Waals surface area contributed by atoms with Gasteiger partial charge in [-0.3, -0.25) is 4.79 Å². The Morgan fingerprint density at radius 1 is 1.47 bits per heavy atom. The van der Waals surface area contributed by atoms with Crippen LogP contribution in [0.3, 0.4) is 0 Å². The molecule has 0 bridgehead atoms. The predicted octanol–water partition coefficient (Wildman–Crippen LogP) is 1.44. The fourth-order valence-corrected chi connectivity index (χ4v) is 2.25. The maximum Gasteiger partial charge on any atom is 0.252 e. The lowest BCUT2D eigenvalue weighted by Crippen LogP contribution is -2.11. The first-order chi connectivity index (χ1) is 8.28. The van der Waals surface area contributed by atoms with Crippen LogP contribution >= 0.6 is 11.3 Å². The molecular weight excluding hydrogens is 236 g/mol. The Hall–Kier alpha value is -1.69. The van der Waals surface area contributed by atoms with Crippen molar-refractivity contribution < 1.29 is 0 Å². The van der Waals surface area contributed by atoms with E-state index in [-0.39, 0.29) is 5.56 Å². The van der Waals surface area contributed by atoms with E-state index < -0.39 is 0 Å². The van der Waals surface area contributed by atoms with Gasteiger partial charge in [0.15, 0.2) is 0 Å². The summed E-state index contributed by atoms with van der Waals surface area (Å²) in [7, 11) is 0. The Balaban J connectivity index is 1.85. The first-order valence-corrected chi connectivity index (χ1v) is 6.31. The molecule has 17 heavy (non-hydrogen) atoms. The van der Waals surface area contributed by atoms with Crippen molar-refractivity contribution in [2.24, 2.45) is 0 Å². The summed E-state index contributed by atoms with van der Waals surface area (Å²) < 4.78 is 0. The van der Waals surface area contributed by atoms with Crippen LogP contribution in [-0.4, -0.2) is 21.5 Å². The van der Waals surface area contributed by atoms with Crippen LogP contribution in [0, 0.1) is 0 Å². The zero-order valence-corrected chi connectivity index (χ0v) is 10.4. The van der Waals surface area contributed by atoms with E-state index in [0.29, 0.717) is 5.82 Å². The van der Waals surface area contributed by atoms with Gasteiger partial charge >= 0.3 is 0 Å². The molecule has 0 amide bonds. The third kappa shape index (κ3) is 3.39. The average Bonchev–Trinajstić information content (AvgIpc) is 2.77. The molecule has 0 aliphatic heterocycles. The summed E-state index contributed by atoms with van der Waals surface area (Å²) in [5.41, 5.74) is -0.148. The van der Waals surface area contributed by atoms with Gasteiger partial charge in [0.05, 0.1) is 11.3 Å². The maximum absolute atomic E-state index is 11.0. The van der Waals surface area contributed by atoms with E-state index in [9.17, 15) is 4.79 Å². The Morgan fingerprint density at radius 2 is 2.35 bits per heavy atom. The lowest BCUT2D eigenvalue weighted by atomic mass is 10.4. The highest BCUT2D eigenvalue weighted by Crippen LogP contribution is 2.13. The monoisotopic (exact) mass is 250 g/mol. The SMILES string of the molecule is CCc1cnc(CCNc2cc(=O)[nH]cn2)s1. The van der Waals surface area contributed by atoms with Crippen molar-refractivity contribution in [3.63, 3.8) is 0 Å². The lowest BCUT2D eigenvalue weighted by Gasteiger charge is -2.02. The number of aromatic nitrogens is 3. The van der Waals surface area contributed by atoms with Crippen LogP contribution < -0.4 is 10.9 Å². The molecule has 0 spiro atoms. The van der Waals surface area contributed by atoms with Crippen LogP contribution in [0.5, 0.6) is 0 Å². The van der Waals surface area contributed by atoms with Gasteiger partial charge in [-0.1, -0.05) is 6.92 Å². The normalized spacial score (nSPS) is 10.4. The van der Waals surface area contributed by atoms with Crippen molar-refractivity contribution in [3.05, 3.63) is 38.8 Å². The van der Waals surface area contributed by atoms with Crippen LogP contribution in [0.25, 0.3) is 0 Å². The van der Waals surface area contributed by atoms with Crippen molar-refractivity contribution in [1.29, 1.82) is 0 Å². The number of nitrogens with one attached hydrogen (secondary N) is 2. The topological polar surface area (TPSA) is 70.7 Å². The van der Waals surface area contributed by atoms with Gasteiger partial charge in [0.2, 0.25) is 0 Å². The van der Waals surface area contributed by atoms with Crippen molar-refractivity contribution >= 4 is 17.2 Å². The molecule has 2 N–H and O–H groups in total. The minimum atomic E-state index is -0.148. The molecule has 0 fully saturated rings. The number of nitrogens with zero attached hydrogens (tertiary/aromatic N) is 2. The number of thiazole rings is 1. The third-order valence-electron chi connectivity index (χ3n) is 2.27. The van der Waals surface area contributed by atoms with E-state index in [1.54, 1.807) is 11.3 Å². The Kier molecular flexibility index (Phi) is 3.87. The number of hydrogen-bond donors (Lipinski definition) is 2. The van der Waals surface area contributed by atoms with Gasteiger partial charge in [-0.25, -0.2) is 9.97 Å². The number of H-pyrrole nitrogens is 1. The minimum Gasteiger partial charge on any atom is -0.369 e. The van der Waals surface area contributed by atoms with E-state index in [0.717, 1.165) is 24.4 Å². The number of anilines is 1. The molecule has 0 saturated heterocycles. The molecule has 2 rings (SSSR count). The number of aryl methyl sites for hydroxylation is 1. The van der Waals surface area contributed by atoms with Gasteiger partial charge in [0, 0.05) is 30.1 Å². The molecule has 0 aromatic carbocycles. The molecule has 90 valence electrons. The summed E-state index contributed by atoms with van der Waals surface area (Å²) in [4.78, 5) is 23.1. The molecule has 0 unspecified atom stereocenters. The molecule has 6 heteroatoms. The van der Waals surface area contributed by atoms with Crippen molar-refractivity contribution in [2.75, 3.05) is 11.9 Å². The fraction of sp³-hybridized carbons (Fsp3) is 0.364. The number of rotatable bonds is 5. The highest BCUT2D eigenvalue weighted by molar-refractivity contribution is 7.11. The van der Waals surface area contributed by atoms with Gasteiger partial charge in [-0.2, -0.15) is 0 Å². The Morgan fingerprint density at radius 3 is 3.06 bits per heavy atom. The quantitative estimate of drug-likeness (QED) is 0.842. The standard InChI is InChI=1S/C11H14N4OS/c1-2-8-6-13-11(17-8)3-4-12-9-5-10(16)15-7-14-9/h5-7H,2-4H2,1H3,(H2,12,14,15,16). The fourth-order valence-electron chi connectivity index (χ4n) is 1.39. The van der Waals surface area contributed by atoms with E-state index in [1.165, 1.54) is 17.3 Å². The first kappa shape index (κ1) is 11.8. The lowest BCUT2D eigenvalue weighted by molar-refractivity contribution is 0.977. The summed E-state index contributed by atoms with van der Waals surface area (Å²) in [6, 6.07) is 1.44. The molecule has 0 saturated carbocycles. The maximum atomic E-state index is 11.0. The van der Waals surface area contributed by atoms with Crippen LogP contribution in [-0.2, 0) is 12.8 Å². The minimum absolute atomic E-state index is 0.148. The molecular formula is C11H14N4OS. The molecule has 2 aromatic heterocycles. The first-order valence-electron chi connectivity index (χ1n) is 5.50. The van der Waals surface area contributed by atoms with Gasteiger partial charge < -0.3 is 10.3 Å².